The minimum atomic E-state index is -0.442. The Morgan fingerprint density at radius 3 is 2.89 bits per heavy atom. The molecule has 2 heterocycles. The Labute approximate surface area is 107 Å². The van der Waals surface area contributed by atoms with Crippen LogP contribution in [-0.4, -0.2) is 16.9 Å². The summed E-state index contributed by atoms with van der Waals surface area (Å²) >= 11 is 0. The first-order chi connectivity index (χ1) is 9.19. The minimum Gasteiger partial charge on any atom is -0.461 e. The van der Waals surface area contributed by atoms with E-state index < -0.39 is 4.92 Å². The lowest BCUT2D eigenvalue weighted by Gasteiger charge is -2.00. The first-order valence-corrected chi connectivity index (χ1v) is 5.55. The molecule has 0 fully saturated rings. The summed E-state index contributed by atoms with van der Waals surface area (Å²) in [5, 5.41) is 10.8. The lowest BCUT2D eigenvalue weighted by molar-refractivity contribution is -0.384. The number of hydrogen-bond donors (Lipinski definition) is 0. The highest BCUT2D eigenvalue weighted by Crippen LogP contribution is 2.27. The van der Waals surface area contributed by atoms with Gasteiger partial charge in [0.1, 0.15) is 6.26 Å². The molecule has 0 spiro atoms. The Hall–Kier alpha value is -2.76. The van der Waals surface area contributed by atoms with Crippen molar-refractivity contribution in [3.8, 4) is 0 Å². The minimum absolute atomic E-state index is 0.0208. The van der Waals surface area contributed by atoms with Crippen molar-refractivity contribution in [3.05, 3.63) is 63.1 Å². The molecule has 0 saturated heterocycles. The van der Waals surface area contributed by atoms with Crippen LogP contribution < -0.4 is 0 Å². The van der Waals surface area contributed by atoms with Crippen molar-refractivity contribution < 1.29 is 14.1 Å². The van der Waals surface area contributed by atoms with E-state index in [1.807, 2.05) is 0 Å². The largest absolute Gasteiger partial charge is 0.461 e. The van der Waals surface area contributed by atoms with Gasteiger partial charge < -0.3 is 4.42 Å². The summed E-state index contributed by atoms with van der Waals surface area (Å²) < 4.78 is 5.04. The van der Waals surface area contributed by atoms with Gasteiger partial charge in [-0.1, -0.05) is 0 Å². The van der Waals surface area contributed by atoms with E-state index in [1.165, 1.54) is 18.4 Å². The Morgan fingerprint density at radius 2 is 2.21 bits per heavy atom. The van der Waals surface area contributed by atoms with Crippen LogP contribution in [0.2, 0.25) is 0 Å². The number of hydrogen-bond acceptors (Lipinski definition) is 5. The van der Waals surface area contributed by atoms with Gasteiger partial charge >= 0.3 is 0 Å². The lowest BCUT2D eigenvalue weighted by atomic mass is 10.0. The number of carbonyl (C=O) groups excluding carboxylic acids is 1. The maximum atomic E-state index is 10.8. The molecule has 0 unspecified atom stereocenters. The molecule has 3 rings (SSSR count). The van der Waals surface area contributed by atoms with Gasteiger partial charge in [-0.2, -0.15) is 0 Å². The summed E-state index contributed by atoms with van der Waals surface area (Å²) in [6.07, 6.45) is 2.03. The van der Waals surface area contributed by atoms with Gasteiger partial charge in [0.15, 0.2) is 12.0 Å². The highest BCUT2D eigenvalue weighted by Gasteiger charge is 2.21. The van der Waals surface area contributed by atoms with E-state index in [0.717, 1.165) is 5.56 Å². The molecule has 94 valence electrons. The molecule has 1 aliphatic rings. The molecule has 0 saturated carbocycles. The van der Waals surface area contributed by atoms with Crippen LogP contribution in [0.3, 0.4) is 0 Å². The standard InChI is InChI=1S/C13H8N2O4/c16-6-11-3-9(7-19-11)13-12-4-10(15(17)18)2-1-8(12)5-14-13/h1-4,6-7H,5H2. The van der Waals surface area contributed by atoms with Gasteiger partial charge in [-0.15, -0.1) is 0 Å². The summed E-state index contributed by atoms with van der Waals surface area (Å²) in [7, 11) is 0. The number of nitro benzene ring substituents is 1. The van der Waals surface area contributed by atoms with Crippen molar-refractivity contribution in [2.24, 2.45) is 4.99 Å². The van der Waals surface area contributed by atoms with E-state index in [0.29, 0.717) is 29.7 Å². The molecular formula is C13H8N2O4. The SMILES string of the molecule is O=Cc1cc(C2=NCc3ccc([N+](=O)[O-])cc32)co1. The van der Waals surface area contributed by atoms with Crippen LogP contribution in [0, 0.1) is 10.1 Å². The maximum Gasteiger partial charge on any atom is 0.270 e. The van der Waals surface area contributed by atoms with E-state index in [4.69, 9.17) is 4.42 Å². The number of fused-ring (bicyclic) bond motifs is 1. The summed E-state index contributed by atoms with van der Waals surface area (Å²) in [6.45, 7) is 0.476. The van der Waals surface area contributed by atoms with E-state index in [2.05, 4.69) is 4.99 Å². The summed E-state index contributed by atoms with van der Waals surface area (Å²) in [4.78, 5) is 25.3. The fourth-order valence-corrected chi connectivity index (χ4v) is 2.07. The van der Waals surface area contributed by atoms with Crippen LogP contribution in [0.25, 0.3) is 0 Å². The number of non-ortho nitro benzene ring substituents is 1. The average molecular weight is 256 g/mol. The third-order valence-corrected chi connectivity index (χ3v) is 2.98. The topological polar surface area (TPSA) is 85.7 Å². The number of nitro groups is 1. The number of benzene rings is 1. The van der Waals surface area contributed by atoms with Gasteiger partial charge in [-0.25, -0.2) is 0 Å². The van der Waals surface area contributed by atoms with Gasteiger partial charge in [0, 0.05) is 23.3 Å². The van der Waals surface area contributed by atoms with Crippen LogP contribution in [0.5, 0.6) is 0 Å². The van der Waals surface area contributed by atoms with Crippen LogP contribution in [-0.2, 0) is 6.54 Å². The molecule has 0 amide bonds. The third kappa shape index (κ3) is 1.83. The zero-order valence-corrected chi connectivity index (χ0v) is 9.70. The summed E-state index contributed by atoms with van der Waals surface area (Å²) in [5.74, 6) is 0.205. The Balaban J connectivity index is 2.06. The van der Waals surface area contributed by atoms with Crippen molar-refractivity contribution in [2.75, 3.05) is 0 Å². The summed E-state index contributed by atoms with van der Waals surface area (Å²) in [5.41, 5.74) is 2.94. The van der Waals surface area contributed by atoms with Gasteiger partial charge in [-0.05, 0) is 17.7 Å². The molecule has 0 radical (unpaired) electrons. The quantitative estimate of drug-likeness (QED) is 0.479. The molecule has 0 atom stereocenters. The molecular weight excluding hydrogens is 248 g/mol. The Morgan fingerprint density at radius 1 is 1.37 bits per heavy atom. The van der Waals surface area contributed by atoms with Gasteiger partial charge in [0.2, 0.25) is 0 Å². The zero-order valence-electron chi connectivity index (χ0n) is 9.70. The highest BCUT2D eigenvalue weighted by molar-refractivity contribution is 6.15. The molecule has 1 aromatic heterocycles. The van der Waals surface area contributed by atoms with Gasteiger partial charge in [0.25, 0.3) is 5.69 Å². The molecule has 6 nitrogen and oxygen atoms in total. The first-order valence-electron chi connectivity index (χ1n) is 5.55. The van der Waals surface area contributed by atoms with E-state index in [-0.39, 0.29) is 11.4 Å². The second-order valence-electron chi connectivity index (χ2n) is 4.12. The Bertz CT molecular complexity index is 715. The third-order valence-electron chi connectivity index (χ3n) is 2.98. The van der Waals surface area contributed by atoms with Gasteiger partial charge in [-0.3, -0.25) is 19.9 Å². The van der Waals surface area contributed by atoms with Crippen molar-refractivity contribution in [1.29, 1.82) is 0 Å². The predicted molar refractivity (Wildman–Crippen MR) is 66.5 cm³/mol. The van der Waals surface area contributed by atoms with Crippen LogP contribution in [0.15, 0.2) is 39.9 Å². The predicted octanol–water partition coefficient (Wildman–Crippen LogP) is 2.35. The van der Waals surface area contributed by atoms with Gasteiger partial charge in [0.05, 0.1) is 17.2 Å². The number of rotatable bonds is 3. The summed E-state index contributed by atoms with van der Waals surface area (Å²) in [6, 6.07) is 6.22. The first kappa shape index (κ1) is 11.3. The van der Waals surface area contributed by atoms with E-state index in [9.17, 15) is 14.9 Å². The normalized spacial score (nSPS) is 12.9. The molecule has 0 N–H and O–H groups in total. The maximum absolute atomic E-state index is 10.8. The smallest absolute Gasteiger partial charge is 0.270 e. The zero-order chi connectivity index (χ0) is 13.4. The van der Waals surface area contributed by atoms with Crippen LogP contribution in [0.4, 0.5) is 5.69 Å². The second kappa shape index (κ2) is 4.16. The molecule has 0 bridgehead atoms. The highest BCUT2D eigenvalue weighted by atomic mass is 16.6. The Kier molecular flexibility index (Phi) is 2.49. The molecule has 1 aromatic carbocycles. The monoisotopic (exact) mass is 256 g/mol. The molecule has 0 aliphatic carbocycles. The van der Waals surface area contributed by atoms with E-state index >= 15 is 0 Å². The fraction of sp³-hybridized carbons (Fsp3) is 0.0769. The second-order valence-corrected chi connectivity index (χ2v) is 4.12. The molecule has 19 heavy (non-hydrogen) atoms. The van der Waals surface area contributed by atoms with Crippen molar-refractivity contribution in [2.45, 2.75) is 6.54 Å². The molecule has 6 heteroatoms. The van der Waals surface area contributed by atoms with Crippen molar-refractivity contribution in [3.63, 3.8) is 0 Å². The number of aldehydes is 1. The number of aliphatic imine (C=N–C) groups is 1. The molecule has 2 aromatic rings. The van der Waals surface area contributed by atoms with E-state index in [1.54, 1.807) is 12.1 Å². The van der Waals surface area contributed by atoms with Crippen LogP contribution in [0.1, 0.15) is 27.2 Å². The van der Waals surface area contributed by atoms with Crippen molar-refractivity contribution in [1.82, 2.24) is 0 Å². The van der Waals surface area contributed by atoms with Crippen molar-refractivity contribution >= 4 is 17.7 Å². The number of nitrogens with zero attached hydrogens (tertiary/aromatic N) is 2. The molecule has 1 aliphatic heterocycles. The number of furan rings is 1. The van der Waals surface area contributed by atoms with Crippen LogP contribution >= 0.6 is 0 Å². The lowest BCUT2D eigenvalue weighted by Crippen LogP contribution is -2.00. The number of carbonyl (C=O) groups is 1. The fourth-order valence-electron chi connectivity index (χ4n) is 2.07. The average Bonchev–Trinajstić information content (AvgIpc) is 3.03.